The van der Waals surface area contributed by atoms with Gasteiger partial charge in [0.05, 0.1) is 36.3 Å². The topological polar surface area (TPSA) is 68.9 Å². The number of morpholine rings is 1. The Bertz CT molecular complexity index is 1230. The van der Waals surface area contributed by atoms with Crippen LogP contribution in [0.3, 0.4) is 0 Å². The maximum absolute atomic E-state index is 13.7. The van der Waals surface area contributed by atoms with Gasteiger partial charge >= 0.3 is 0 Å². The van der Waals surface area contributed by atoms with E-state index in [0.29, 0.717) is 62.4 Å². The Balaban J connectivity index is 1.48. The molecule has 0 radical (unpaired) electrons. The molecule has 1 aliphatic rings. The van der Waals surface area contributed by atoms with E-state index in [2.05, 4.69) is 24.0 Å². The molecule has 204 valence electrons. The van der Waals surface area contributed by atoms with Gasteiger partial charge in [0.2, 0.25) is 11.8 Å². The number of amides is 2. The number of aromatic nitrogens is 1. The van der Waals surface area contributed by atoms with Gasteiger partial charge in [-0.1, -0.05) is 60.8 Å². The number of nitrogens with zero attached hydrogens (tertiary/aromatic N) is 3. The summed E-state index contributed by atoms with van der Waals surface area (Å²) in [6.45, 7) is 6.50. The first-order valence-corrected chi connectivity index (χ1v) is 14.0. The molecule has 1 aromatic heterocycles. The highest BCUT2D eigenvalue weighted by molar-refractivity contribution is 6.42. The summed E-state index contributed by atoms with van der Waals surface area (Å²) in [6, 6.07) is 13.6. The molecule has 2 aromatic carbocycles. The van der Waals surface area contributed by atoms with Crippen molar-refractivity contribution in [3.05, 3.63) is 69.8 Å². The van der Waals surface area contributed by atoms with Gasteiger partial charge in [-0.2, -0.15) is 0 Å². The van der Waals surface area contributed by atoms with Crippen LogP contribution in [0.25, 0.3) is 10.9 Å². The molecule has 2 heterocycles. The Morgan fingerprint density at radius 3 is 2.58 bits per heavy atom. The molecule has 4 rings (SSSR count). The number of fused-ring (bicyclic) bond motifs is 1. The Labute approximate surface area is 234 Å². The predicted octanol–water partition coefficient (Wildman–Crippen LogP) is 5.01. The minimum absolute atomic E-state index is 0.0122. The molecule has 9 heteroatoms. The number of nitrogens with one attached hydrogen (secondary N) is 1. The summed E-state index contributed by atoms with van der Waals surface area (Å²) in [6.07, 6.45) is 4.63. The minimum Gasteiger partial charge on any atom is -0.378 e. The molecule has 0 unspecified atom stereocenters. The Morgan fingerprint density at radius 2 is 1.82 bits per heavy atom. The molecule has 1 saturated heterocycles. The van der Waals surface area contributed by atoms with Gasteiger partial charge in [-0.25, -0.2) is 0 Å². The molecule has 0 aliphatic carbocycles. The van der Waals surface area contributed by atoms with Crippen molar-refractivity contribution in [2.24, 2.45) is 0 Å². The van der Waals surface area contributed by atoms with Gasteiger partial charge in [0.1, 0.15) is 0 Å². The fourth-order valence-electron chi connectivity index (χ4n) is 4.74. The quantitative estimate of drug-likeness (QED) is 0.339. The normalized spacial score (nSPS) is 13.8. The van der Waals surface area contributed by atoms with Crippen LogP contribution in [0.4, 0.5) is 0 Å². The molecule has 1 N–H and O–H groups in total. The van der Waals surface area contributed by atoms with Crippen molar-refractivity contribution in [1.82, 2.24) is 19.7 Å². The van der Waals surface area contributed by atoms with Crippen LogP contribution in [0.15, 0.2) is 48.7 Å². The van der Waals surface area contributed by atoms with E-state index < -0.39 is 0 Å². The largest absolute Gasteiger partial charge is 0.378 e. The van der Waals surface area contributed by atoms with E-state index in [0.717, 1.165) is 34.9 Å². The number of para-hydroxylation sites is 1. The molecule has 0 spiro atoms. The number of rotatable bonds is 12. The first-order valence-electron chi connectivity index (χ1n) is 13.3. The van der Waals surface area contributed by atoms with Gasteiger partial charge in [0.15, 0.2) is 0 Å². The molecule has 1 aliphatic heterocycles. The number of unbranched alkanes of at least 4 members (excludes halogenated alkanes) is 1. The standard InChI is InChI=1S/C29H36Cl2N4O3/c1-2-3-11-33(20-28(36)34-13-15-38-16-14-34)21-29(37)35(19-22-8-9-25(30)26(31)17-22)12-10-23-18-32-27-7-5-4-6-24(23)27/h4-9,17-18,32H,2-3,10-16,19-21H2,1H3. The number of hydrogen-bond acceptors (Lipinski definition) is 4. The zero-order valence-corrected chi connectivity index (χ0v) is 23.4. The van der Waals surface area contributed by atoms with E-state index in [1.54, 1.807) is 6.07 Å². The van der Waals surface area contributed by atoms with Crippen LogP contribution in [-0.2, 0) is 27.3 Å². The van der Waals surface area contributed by atoms with Gasteiger partial charge in [-0.05, 0) is 48.7 Å². The maximum atomic E-state index is 13.7. The maximum Gasteiger partial charge on any atom is 0.237 e. The number of carbonyl (C=O) groups excluding carboxylic acids is 2. The van der Waals surface area contributed by atoms with E-state index in [4.69, 9.17) is 27.9 Å². The van der Waals surface area contributed by atoms with Crippen LogP contribution >= 0.6 is 23.2 Å². The monoisotopic (exact) mass is 558 g/mol. The molecule has 7 nitrogen and oxygen atoms in total. The zero-order valence-electron chi connectivity index (χ0n) is 21.9. The molecule has 38 heavy (non-hydrogen) atoms. The summed E-state index contributed by atoms with van der Waals surface area (Å²) in [7, 11) is 0. The number of hydrogen-bond donors (Lipinski definition) is 1. The van der Waals surface area contributed by atoms with Crippen LogP contribution in [-0.4, -0.2) is 84.0 Å². The molecule has 1 fully saturated rings. The second-order valence-corrected chi connectivity index (χ2v) is 10.5. The van der Waals surface area contributed by atoms with Gasteiger partial charge < -0.3 is 19.5 Å². The lowest BCUT2D eigenvalue weighted by atomic mass is 10.1. The number of ether oxygens (including phenoxy) is 1. The van der Waals surface area contributed by atoms with Crippen molar-refractivity contribution in [1.29, 1.82) is 0 Å². The van der Waals surface area contributed by atoms with Crippen LogP contribution in [0.1, 0.15) is 30.9 Å². The lowest BCUT2D eigenvalue weighted by molar-refractivity contribution is -0.138. The second-order valence-electron chi connectivity index (χ2n) is 9.73. The number of carbonyl (C=O) groups is 2. The van der Waals surface area contributed by atoms with Gasteiger partial charge in [-0.3, -0.25) is 14.5 Å². The fourth-order valence-corrected chi connectivity index (χ4v) is 5.06. The first-order chi connectivity index (χ1) is 18.4. The highest BCUT2D eigenvalue weighted by Gasteiger charge is 2.23. The summed E-state index contributed by atoms with van der Waals surface area (Å²) >= 11 is 12.4. The average Bonchev–Trinajstić information content (AvgIpc) is 3.35. The Hall–Kier alpha value is -2.58. The molecular formula is C29H36Cl2N4O3. The van der Waals surface area contributed by atoms with E-state index in [9.17, 15) is 9.59 Å². The molecule has 0 bridgehead atoms. The highest BCUT2D eigenvalue weighted by Crippen LogP contribution is 2.24. The van der Waals surface area contributed by atoms with E-state index in [1.807, 2.05) is 45.2 Å². The number of benzene rings is 2. The van der Waals surface area contributed by atoms with Crippen LogP contribution in [0.5, 0.6) is 0 Å². The number of H-pyrrole nitrogens is 1. The minimum atomic E-state index is -0.0122. The summed E-state index contributed by atoms with van der Waals surface area (Å²) in [4.78, 5) is 35.7. The molecule has 2 amide bonds. The molecular weight excluding hydrogens is 523 g/mol. The third kappa shape index (κ3) is 7.73. The molecule has 0 atom stereocenters. The van der Waals surface area contributed by atoms with E-state index in [1.165, 1.54) is 0 Å². The average molecular weight is 560 g/mol. The fraction of sp³-hybridized carbons (Fsp3) is 0.448. The zero-order chi connectivity index (χ0) is 26.9. The Morgan fingerprint density at radius 1 is 1.03 bits per heavy atom. The molecule has 3 aromatic rings. The van der Waals surface area contributed by atoms with Crippen molar-refractivity contribution in [3.63, 3.8) is 0 Å². The highest BCUT2D eigenvalue weighted by atomic mass is 35.5. The van der Waals surface area contributed by atoms with Crippen LogP contribution in [0.2, 0.25) is 10.0 Å². The summed E-state index contributed by atoms with van der Waals surface area (Å²) in [5.74, 6) is 0.0359. The Kier molecular flexibility index (Phi) is 10.5. The van der Waals surface area contributed by atoms with Crippen molar-refractivity contribution in [2.75, 3.05) is 52.5 Å². The van der Waals surface area contributed by atoms with Crippen molar-refractivity contribution >= 4 is 45.9 Å². The molecule has 0 saturated carbocycles. The van der Waals surface area contributed by atoms with Gasteiger partial charge in [-0.15, -0.1) is 0 Å². The third-order valence-electron chi connectivity index (χ3n) is 6.95. The third-order valence-corrected chi connectivity index (χ3v) is 7.68. The smallest absolute Gasteiger partial charge is 0.237 e. The van der Waals surface area contributed by atoms with E-state index >= 15 is 0 Å². The van der Waals surface area contributed by atoms with Crippen LogP contribution in [0, 0.1) is 0 Å². The SMILES string of the molecule is CCCCN(CC(=O)N1CCOCC1)CC(=O)N(CCc1c[nH]c2ccccc12)Cc1ccc(Cl)c(Cl)c1. The van der Waals surface area contributed by atoms with Gasteiger partial charge in [0.25, 0.3) is 0 Å². The van der Waals surface area contributed by atoms with E-state index in [-0.39, 0.29) is 24.9 Å². The van der Waals surface area contributed by atoms with Crippen molar-refractivity contribution < 1.29 is 14.3 Å². The number of halogens is 2. The first kappa shape index (κ1) is 28.4. The summed E-state index contributed by atoms with van der Waals surface area (Å²) < 4.78 is 5.38. The predicted molar refractivity (Wildman–Crippen MR) is 153 cm³/mol. The number of aromatic amines is 1. The second kappa shape index (κ2) is 14.0. The van der Waals surface area contributed by atoms with Crippen molar-refractivity contribution in [3.8, 4) is 0 Å². The summed E-state index contributed by atoms with van der Waals surface area (Å²) in [5.41, 5.74) is 3.16. The van der Waals surface area contributed by atoms with Crippen LogP contribution < -0.4 is 0 Å². The lowest BCUT2D eigenvalue weighted by Crippen LogP contribution is -2.48. The van der Waals surface area contributed by atoms with Gasteiger partial charge in [0, 0.05) is 43.3 Å². The van der Waals surface area contributed by atoms with Crippen molar-refractivity contribution in [2.45, 2.75) is 32.7 Å². The summed E-state index contributed by atoms with van der Waals surface area (Å²) in [5, 5.41) is 2.11. The lowest BCUT2D eigenvalue weighted by Gasteiger charge is -2.31.